The molecule has 2 heterocycles. The molecule has 2 rings (SSSR count). The molecule has 0 aliphatic rings. The monoisotopic (exact) mass is 204 g/mol. The number of nitrogens with zero attached hydrogens (tertiary/aromatic N) is 1. The zero-order chi connectivity index (χ0) is 9.97. The van der Waals surface area contributed by atoms with Crippen LogP contribution in [-0.4, -0.2) is 4.98 Å². The van der Waals surface area contributed by atoms with E-state index in [4.69, 9.17) is 5.73 Å². The van der Waals surface area contributed by atoms with E-state index in [1.807, 2.05) is 25.4 Å². The minimum absolute atomic E-state index is 0.0439. The van der Waals surface area contributed by atoms with Crippen LogP contribution in [0.5, 0.6) is 0 Å². The van der Waals surface area contributed by atoms with E-state index >= 15 is 0 Å². The van der Waals surface area contributed by atoms with Crippen molar-refractivity contribution in [3.63, 3.8) is 0 Å². The molecule has 0 saturated heterocycles. The van der Waals surface area contributed by atoms with Crippen molar-refractivity contribution in [2.24, 2.45) is 5.73 Å². The van der Waals surface area contributed by atoms with Gasteiger partial charge in [-0.1, -0.05) is 6.07 Å². The molecule has 0 bridgehead atoms. The Bertz CT molecular complexity index is 407. The van der Waals surface area contributed by atoms with Crippen LogP contribution in [0, 0.1) is 0 Å². The number of rotatable bonds is 2. The third-order valence-electron chi connectivity index (χ3n) is 2.09. The maximum atomic E-state index is 5.80. The highest BCUT2D eigenvalue weighted by atomic mass is 32.1. The number of nitrogens with two attached hydrogens (primary N) is 1. The molecule has 72 valence electrons. The fourth-order valence-electron chi connectivity index (χ4n) is 1.28. The van der Waals surface area contributed by atoms with Gasteiger partial charge in [0, 0.05) is 28.9 Å². The quantitative estimate of drug-likeness (QED) is 0.817. The van der Waals surface area contributed by atoms with Gasteiger partial charge in [0.05, 0.1) is 0 Å². The molecule has 0 saturated carbocycles. The summed E-state index contributed by atoms with van der Waals surface area (Å²) in [6.07, 6.45) is 3.69. The predicted molar refractivity (Wildman–Crippen MR) is 60.2 cm³/mol. The molecule has 2 aromatic rings. The van der Waals surface area contributed by atoms with Crippen molar-refractivity contribution in [2.75, 3.05) is 0 Å². The first-order valence-corrected chi connectivity index (χ1v) is 5.40. The van der Waals surface area contributed by atoms with Gasteiger partial charge in [-0.2, -0.15) is 0 Å². The van der Waals surface area contributed by atoms with E-state index in [0.29, 0.717) is 0 Å². The highest BCUT2D eigenvalue weighted by Crippen LogP contribution is 2.25. The second-order valence-corrected chi connectivity index (χ2v) is 4.22. The molecule has 1 unspecified atom stereocenters. The topological polar surface area (TPSA) is 38.9 Å². The maximum absolute atomic E-state index is 5.80. The Kier molecular flexibility index (Phi) is 2.61. The number of hydrogen-bond acceptors (Lipinski definition) is 3. The molecule has 0 aliphatic heterocycles. The molecule has 0 aromatic carbocycles. The number of aromatic nitrogens is 1. The highest BCUT2D eigenvalue weighted by molar-refractivity contribution is 7.13. The molecule has 2 nitrogen and oxygen atoms in total. The molecule has 0 aliphatic carbocycles. The summed E-state index contributed by atoms with van der Waals surface area (Å²) in [4.78, 5) is 5.42. The van der Waals surface area contributed by atoms with Gasteiger partial charge in [0.25, 0.3) is 0 Å². The smallest absolute Gasteiger partial charge is 0.0358 e. The first kappa shape index (κ1) is 9.37. The summed E-state index contributed by atoms with van der Waals surface area (Å²) in [5, 5.41) is 2.06. The van der Waals surface area contributed by atoms with Crippen LogP contribution in [0.25, 0.3) is 10.4 Å². The van der Waals surface area contributed by atoms with E-state index in [-0.39, 0.29) is 6.04 Å². The SMILES string of the molecule is CC(N)c1cncc(-c2cccs2)c1. The predicted octanol–water partition coefficient (Wildman–Crippen LogP) is 2.83. The number of pyridine rings is 1. The average molecular weight is 204 g/mol. The largest absolute Gasteiger partial charge is 0.324 e. The lowest BCUT2D eigenvalue weighted by Crippen LogP contribution is -2.05. The van der Waals surface area contributed by atoms with Gasteiger partial charge in [-0.15, -0.1) is 11.3 Å². The first-order chi connectivity index (χ1) is 6.77. The normalized spacial score (nSPS) is 12.7. The van der Waals surface area contributed by atoms with Gasteiger partial charge in [-0.05, 0) is 30.0 Å². The van der Waals surface area contributed by atoms with Gasteiger partial charge in [0.2, 0.25) is 0 Å². The maximum Gasteiger partial charge on any atom is 0.0358 e. The summed E-state index contributed by atoms with van der Waals surface area (Å²) in [6, 6.07) is 6.27. The summed E-state index contributed by atoms with van der Waals surface area (Å²) >= 11 is 1.72. The Balaban J connectivity index is 2.41. The van der Waals surface area contributed by atoms with E-state index in [2.05, 4.69) is 22.5 Å². The third kappa shape index (κ3) is 1.84. The minimum Gasteiger partial charge on any atom is -0.324 e. The Morgan fingerprint density at radius 1 is 1.43 bits per heavy atom. The van der Waals surface area contributed by atoms with Crippen LogP contribution >= 0.6 is 11.3 Å². The van der Waals surface area contributed by atoms with Crippen molar-refractivity contribution in [1.29, 1.82) is 0 Å². The molecule has 3 heteroatoms. The summed E-state index contributed by atoms with van der Waals surface area (Å²) in [6.45, 7) is 1.97. The Hall–Kier alpha value is -1.19. The lowest BCUT2D eigenvalue weighted by Gasteiger charge is -2.05. The van der Waals surface area contributed by atoms with Crippen molar-refractivity contribution in [2.45, 2.75) is 13.0 Å². The Labute approximate surface area is 87.4 Å². The first-order valence-electron chi connectivity index (χ1n) is 4.52. The van der Waals surface area contributed by atoms with Crippen molar-refractivity contribution in [1.82, 2.24) is 4.98 Å². The van der Waals surface area contributed by atoms with Gasteiger partial charge < -0.3 is 5.73 Å². The van der Waals surface area contributed by atoms with Crippen LogP contribution < -0.4 is 5.73 Å². The van der Waals surface area contributed by atoms with Crippen molar-refractivity contribution < 1.29 is 0 Å². The summed E-state index contributed by atoms with van der Waals surface area (Å²) in [5.41, 5.74) is 8.03. The van der Waals surface area contributed by atoms with Crippen molar-refractivity contribution in [3.8, 4) is 10.4 Å². The molecule has 2 aromatic heterocycles. The van der Waals surface area contributed by atoms with E-state index < -0.39 is 0 Å². The number of hydrogen-bond donors (Lipinski definition) is 1. The molecule has 0 spiro atoms. The van der Waals surface area contributed by atoms with Crippen molar-refractivity contribution in [3.05, 3.63) is 41.5 Å². The van der Waals surface area contributed by atoms with Gasteiger partial charge in [0.1, 0.15) is 0 Å². The van der Waals surface area contributed by atoms with E-state index in [0.717, 1.165) is 11.1 Å². The van der Waals surface area contributed by atoms with Crippen LogP contribution in [0.1, 0.15) is 18.5 Å². The standard InChI is InChI=1S/C11H12N2S/c1-8(12)9-5-10(7-13-6-9)11-3-2-4-14-11/h2-8H,12H2,1H3. The molecule has 0 radical (unpaired) electrons. The molecule has 2 N–H and O–H groups in total. The third-order valence-corrected chi connectivity index (χ3v) is 3.01. The van der Waals surface area contributed by atoms with Crippen LogP contribution in [0.2, 0.25) is 0 Å². The van der Waals surface area contributed by atoms with Crippen LogP contribution in [0.15, 0.2) is 36.0 Å². The van der Waals surface area contributed by atoms with E-state index in [1.54, 1.807) is 11.3 Å². The molecular formula is C11H12N2S. The highest BCUT2D eigenvalue weighted by Gasteiger charge is 2.03. The van der Waals surface area contributed by atoms with Crippen LogP contribution in [-0.2, 0) is 0 Å². The number of thiophene rings is 1. The zero-order valence-electron chi connectivity index (χ0n) is 7.97. The Morgan fingerprint density at radius 2 is 2.29 bits per heavy atom. The molecule has 1 atom stereocenters. The molecule has 0 fully saturated rings. The average Bonchev–Trinajstić information content (AvgIpc) is 2.71. The summed E-state index contributed by atoms with van der Waals surface area (Å²) < 4.78 is 0. The van der Waals surface area contributed by atoms with Gasteiger partial charge in [-0.3, -0.25) is 4.98 Å². The van der Waals surface area contributed by atoms with Gasteiger partial charge in [0.15, 0.2) is 0 Å². The molecule has 14 heavy (non-hydrogen) atoms. The second kappa shape index (κ2) is 3.90. The summed E-state index contributed by atoms with van der Waals surface area (Å²) in [7, 11) is 0. The fraction of sp³-hybridized carbons (Fsp3) is 0.182. The zero-order valence-corrected chi connectivity index (χ0v) is 8.79. The lowest BCUT2D eigenvalue weighted by atomic mass is 10.1. The van der Waals surface area contributed by atoms with E-state index in [1.165, 1.54) is 4.88 Å². The van der Waals surface area contributed by atoms with Crippen LogP contribution in [0.4, 0.5) is 0 Å². The Morgan fingerprint density at radius 3 is 2.93 bits per heavy atom. The van der Waals surface area contributed by atoms with Crippen molar-refractivity contribution >= 4 is 11.3 Å². The van der Waals surface area contributed by atoms with Gasteiger partial charge >= 0.3 is 0 Å². The van der Waals surface area contributed by atoms with Crippen LogP contribution in [0.3, 0.4) is 0 Å². The molecular weight excluding hydrogens is 192 g/mol. The fourth-order valence-corrected chi connectivity index (χ4v) is 1.99. The molecule has 0 amide bonds. The summed E-state index contributed by atoms with van der Waals surface area (Å²) in [5.74, 6) is 0. The second-order valence-electron chi connectivity index (χ2n) is 3.27. The minimum atomic E-state index is 0.0439. The van der Waals surface area contributed by atoms with Gasteiger partial charge in [-0.25, -0.2) is 0 Å². The van der Waals surface area contributed by atoms with E-state index in [9.17, 15) is 0 Å². The lowest BCUT2D eigenvalue weighted by molar-refractivity contribution is 0.812.